The SMILES string of the molecule is CC[C@H](C)NC(=O)Cn1c(=O)c2nnc(C(C)C)n2c2ccccc21. The average molecular weight is 341 g/mol. The lowest BCUT2D eigenvalue weighted by Crippen LogP contribution is -2.37. The number of aromatic nitrogens is 4. The minimum absolute atomic E-state index is 0.0376. The second-order valence-corrected chi connectivity index (χ2v) is 6.63. The van der Waals surface area contributed by atoms with Gasteiger partial charge in [0.15, 0.2) is 0 Å². The molecule has 0 bridgehead atoms. The fourth-order valence-corrected chi connectivity index (χ4v) is 2.88. The van der Waals surface area contributed by atoms with Crippen LogP contribution in [0.15, 0.2) is 29.1 Å². The standard InChI is InChI=1S/C18H23N5O2/c1-5-12(4)19-15(24)10-22-13-8-6-7-9-14(13)23-16(11(2)3)20-21-17(23)18(22)25/h6-9,11-12H,5,10H2,1-4H3,(H,19,24)/t12-/m0/s1. The number of hydrogen-bond acceptors (Lipinski definition) is 4. The molecule has 7 nitrogen and oxygen atoms in total. The monoisotopic (exact) mass is 341 g/mol. The first kappa shape index (κ1) is 17.1. The average Bonchev–Trinajstić information content (AvgIpc) is 3.04. The van der Waals surface area contributed by atoms with Gasteiger partial charge in [-0.2, -0.15) is 0 Å². The number of hydrogen-bond donors (Lipinski definition) is 1. The maximum Gasteiger partial charge on any atom is 0.297 e. The van der Waals surface area contributed by atoms with E-state index in [0.717, 1.165) is 17.8 Å². The lowest BCUT2D eigenvalue weighted by Gasteiger charge is -2.15. The van der Waals surface area contributed by atoms with E-state index in [4.69, 9.17) is 0 Å². The van der Waals surface area contributed by atoms with Crippen LogP contribution in [0.1, 0.15) is 45.9 Å². The van der Waals surface area contributed by atoms with Crippen molar-refractivity contribution in [2.24, 2.45) is 0 Å². The molecule has 0 fully saturated rings. The number of carbonyl (C=O) groups excluding carboxylic acids is 1. The molecule has 2 aromatic heterocycles. The Kier molecular flexibility index (Phi) is 4.57. The second kappa shape index (κ2) is 6.66. The van der Waals surface area contributed by atoms with Gasteiger partial charge in [0.25, 0.3) is 5.56 Å². The minimum Gasteiger partial charge on any atom is -0.352 e. The van der Waals surface area contributed by atoms with E-state index in [9.17, 15) is 9.59 Å². The van der Waals surface area contributed by atoms with E-state index < -0.39 is 0 Å². The van der Waals surface area contributed by atoms with E-state index in [2.05, 4.69) is 15.5 Å². The minimum atomic E-state index is -0.308. The highest BCUT2D eigenvalue weighted by Gasteiger charge is 2.19. The molecular weight excluding hydrogens is 318 g/mol. The molecule has 0 aliphatic rings. The van der Waals surface area contributed by atoms with Crippen molar-refractivity contribution in [3.8, 4) is 0 Å². The summed E-state index contributed by atoms with van der Waals surface area (Å²) < 4.78 is 3.27. The molecule has 1 amide bonds. The van der Waals surface area contributed by atoms with Gasteiger partial charge < -0.3 is 5.32 Å². The molecule has 25 heavy (non-hydrogen) atoms. The number of para-hydroxylation sites is 2. The molecule has 0 radical (unpaired) electrons. The van der Waals surface area contributed by atoms with E-state index in [-0.39, 0.29) is 35.6 Å². The van der Waals surface area contributed by atoms with Gasteiger partial charge in [-0.15, -0.1) is 10.2 Å². The van der Waals surface area contributed by atoms with Crippen molar-refractivity contribution in [2.75, 3.05) is 0 Å². The Balaban J connectivity index is 2.20. The number of carbonyl (C=O) groups is 1. The molecule has 1 atom stereocenters. The van der Waals surface area contributed by atoms with Crippen molar-refractivity contribution < 1.29 is 4.79 Å². The maximum absolute atomic E-state index is 12.9. The van der Waals surface area contributed by atoms with Crippen LogP contribution in [0.4, 0.5) is 0 Å². The molecule has 132 valence electrons. The Morgan fingerprint density at radius 2 is 1.84 bits per heavy atom. The van der Waals surface area contributed by atoms with E-state index in [1.54, 1.807) is 4.40 Å². The van der Waals surface area contributed by atoms with Gasteiger partial charge in [0.05, 0.1) is 11.0 Å². The first-order chi connectivity index (χ1) is 11.9. The number of amides is 1. The highest BCUT2D eigenvalue weighted by atomic mass is 16.2. The van der Waals surface area contributed by atoms with Crippen molar-refractivity contribution in [3.63, 3.8) is 0 Å². The number of nitrogens with one attached hydrogen (secondary N) is 1. The molecular formula is C18H23N5O2. The third-order valence-corrected chi connectivity index (χ3v) is 4.38. The molecule has 3 rings (SSSR count). The van der Waals surface area contributed by atoms with Crippen LogP contribution in [0.25, 0.3) is 16.7 Å². The van der Waals surface area contributed by atoms with Crippen LogP contribution in [-0.2, 0) is 11.3 Å². The van der Waals surface area contributed by atoms with Crippen LogP contribution >= 0.6 is 0 Å². The summed E-state index contributed by atoms with van der Waals surface area (Å²) in [6.07, 6.45) is 0.836. The quantitative estimate of drug-likeness (QED) is 0.770. The highest BCUT2D eigenvalue weighted by Crippen LogP contribution is 2.19. The van der Waals surface area contributed by atoms with Gasteiger partial charge in [-0.3, -0.25) is 18.6 Å². The van der Waals surface area contributed by atoms with Crippen LogP contribution < -0.4 is 10.9 Å². The molecule has 1 N–H and O–H groups in total. The van der Waals surface area contributed by atoms with Crippen LogP contribution in [-0.4, -0.2) is 31.1 Å². The largest absolute Gasteiger partial charge is 0.352 e. The van der Waals surface area contributed by atoms with Crippen LogP contribution in [0.2, 0.25) is 0 Å². The Hall–Kier alpha value is -2.70. The first-order valence-corrected chi connectivity index (χ1v) is 8.60. The predicted octanol–water partition coefficient (Wildman–Crippen LogP) is 2.08. The summed E-state index contributed by atoms with van der Waals surface area (Å²) >= 11 is 0. The van der Waals surface area contributed by atoms with Crippen LogP contribution in [0.5, 0.6) is 0 Å². The molecule has 0 unspecified atom stereocenters. The molecule has 2 heterocycles. The third-order valence-electron chi connectivity index (χ3n) is 4.38. The summed E-state index contributed by atoms with van der Waals surface area (Å²) in [5.41, 5.74) is 1.46. The third kappa shape index (κ3) is 3.01. The van der Waals surface area contributed by atoms with Gasteiger partial charge in [0, 0.05) is 12.0 Å². The lowest BCUT2D eigenvalue weighted by molar-refractivity contribution is -0.122. The Bertz CT molecular complexity index is 986. The smallest absolute Gasteiger partial charge is 0.297 e. The zero-order valence-corrected chi connectivity index (χ0v) is 15.0. The van der Waals surface area contributed by atoms with Gasteiger partial charge in [-0.1, -0.05) is 32.9 Å². The number of fused-ring (bicyclic) bond motifs is 3. The molecule has 0 aliphatic carbocycles. The molecule has 3 aromatic rings. The summed E-state index contributed by atoms with van der Waals surface area (Å²) in [4.78, 5) is 25.2. The van der Waals surface area contributed by atoms with Crippen LogP contribution in [0.3, 0.4) is 0 Å². The molecule has 0 aliphatic heterocycles. The van der Waals surface area contributed by atoms with Crippen LogP contribution in [0, 0.1) is 0 Å². The van der Waals surface area contributed by atoms with Gasteiger partial charge in [-0.05, 0) is 25.5 Å². The van der Waals surface area contributed by atoms with E-state index in [1.165, 1.54) is 4.57 Å². The maximum atomic E-state index is 12.9. The lowest BCUT2D eigenvalue weighted by atomic mass is 10.2. The summed E-state index contributed by atoms with van der Waals surface area (Å²) in [5.74, 6) is 0.677. The van der Waals surface area contributed by atoms with Crippen molar-refractivity contribution in [2.45, 2.75) is 52.6 Å². The zero-order chi connectivity index (χ0) is 18.1. The van der Waals surface area contributed by atoms with Gasteiger partial charge in [-0.25, -0.2) is 0 Å². The Morgan fingerprint density at radius 3 is 2.48 bits per heavy atom. The normalized spacial score (nSPS) is 12.8. The van der Waals surface area contributed by atoms with Crippen molar-refractivity contribution >= 4 is 22.6 Å². The van der Waals surface area contributed by atoms with Crippen molar-refractivity contribution in [1.82, 2.24) is 24.5 Å². The van der Waals surface area contributed by atoms with Gasteiger partial charge in [0.2, 0.25) is 11.6 Å². The summed E-state index contributed by atoms with van der Waals surface area (Å²) in [5, 5.41) is 11.2. The molecule has 0 spiro atoms. The topological polar surface area (TPSA) is 81.3 Å². The van der Waals surface area contributed by atoms with E-state index in [1.807, 2.05) is 52.0 Å². The van der Waals surface area contributed by atoms with Gasteiger partial charge >= 0.3 is 0 Å². The number of benzene rings is 1. The fourth-order valence-electron chi connectivity index (χ4n) is 2.88. The van der Waals surface area contributed by atoms with E-state index in [0.29, 0.717) is 5.52 Å². The molecule has 1 aromatic carbocycles. The highest BCUT2D eigenvalue weighted by molar-refractivity contribution is 5.82. The molecule has 0 saturated carbocycles. The van der Waals surface area contributed by atoms with E-state index >= 15 is 0 Å². The summed E-state index contributed by atoms with van der Waals surface area (Å²) in [7, 11) is 0. The fraction of sp³-hybridized carbons (Fsp3) is 0.444. The Morgan fingerprint density at radius 1 is 1.16 bits per heavy atom. The van der Waals surface area contributed by atoms with Gasteiger partial charge in [0.1, 0.15) is 12.4 Å². The Labute approximate surface area is 145 Å². The summed E-state index contributed by atoms with van der Waals surface area (Å²) in [6, 6.07) is 7.59. The molecule has 7 heteroatoms. The summed E-state index contributed by atoms with van der Waals surface area (Å²) in [6.45, 7) is 7.92. The number of nitrogens with zero attached hydrogens (tertiary/aromatic N) is 4. The molecule has 0 saturated heterocycles. The van der Waals surface area contributed by atoms with Crippen molar-refractivity contribution in [3.05, 3.63) is 40.4 Å². The number of rotatable bonds is 5. The zero-order valence-electron chi connectivity index (χ0n) is 15.0. The van der Waals surface area contributed by atoms with Crippen molar-refractivity contribution in [1.29, 1.82) is 0 Å². The second-order valence-electron chi connectivity index (χ2n) is 6.63. The first-order valence-electron chi connectivity index (χ1n) is 8.60. The predicted molar refractivity (Wildman–Crippen MR) is 96.7 cm³/mol.